The number of carbonyl (C=O) groups excluding carboxylic acids is 1. The van der Waals surface area contributed by atoms with Gasteiger partial charge in [0.1, 0.15) is 6.61 Å². The molecule has 0 fully saturated rings. The first kappa shape index (κ1) is 16.7. The number of rotatable bonds is 8. The van der Waals surface area contributed by atoms with Crippen molar-refractivity contribution in [1.29, 1.82) is 0 Å². The maximum absolute atomic E-state index is 11.7. The lowest BCUT2D eigenvalue weighted by atomic mass is 10.0. The molecule has 0 saturated carbocycles. The number of aliphatic carboxylic acids is 1. The lowest BCUT2D eigenvalue weighted by Gasteiger charge is -2.10. The fourth-order valence-corrected chi connectivity index (χ4v) is 1.21. The van der Waals surface area contributed by atoms with Crippen LogP contribution in [0.4, 0.5) is 13.2 Å². The summed E-state index contributed by atoms with van der Waals surface area (Å²) in [7, 11) is 0. The highest BCUT2D eigenvalue weighted by Gasteiger charge is 2.27. The van der Waals surface area contributed by atoms with E-state index in [0.29, 0.717) is 0 Å². The number of alkyl halides is 3. The number of halogens is 3. The van der Waals surface area contributed by atoms with Gasteiger partial charge in [-0.25, -0.2) is 0 Å². The highest BCUT2D eigenvalue weighted by atomic mass is 19.4. The minimum Gasteiger partial charge on any atom is -0.481 e. The van der Waals surface area contributed by atoms with Crippen molar-refractivity contribution in [1.82, 2.24) is 5.32 Å². The van der Waals surface area contributed by atoms with Gasteiger partial charge in [-0.3, -0.25) is 9.59 Å². The average molecular weight is 271 g/mol. The van der Waals surface area contributed by atoms with E-state index in [1.807, 2.05) is 0 Å². The number of hydrogen-bond acceptors (Lipinski definition) is 3. The molecule has 0 aromatic heterocycles. The smallest absolute Gasteiger partial charge is 0.411 e. The summed E-state index contributed by atoms with van der Waals surface area (Å²) in [5.74, 6) is -1.72. The Morgan fingerprint density at radius 1 is 1.33 bits per heavy atom. The molecule has 0 rings (SSSR count). The Morgan fingerprint density at radius 2 is 1.94 bits per heavy atom. The van der Waals surface area contributed by atoms with Crippen LogP contribution < -0.4 is 5.32 Å². The van der Waals surface area contributed by atoms with Gasteiger partial charge in [0.05, 0.1) is 6.61 Å². The second kappa shape index (κ2) is 7.91. The van der Waals surface area contributed by atoms with Gasteiger partial charge < -0.3 is 15.2 Å². The van der Waals surface area contributed by atoms with E-state index in [1.165, 1.54) is 0 Å². The zero-order chi connectivity index (χ0) is 14.2. The fourth-order valence-electron chi connectivity index (χ4n) is 1.21. The number of amides is 1. The Morgan fingerprint density at radius 3 is 2.44 bits per heavy atom. The summed E-state index contributed by atoms with van der Waals surface area (Å²) in [4.78, 5) is 21.5. The van der Waals surface area contributed by atoms with Crippen LogP contribution in [0.2, 0.25) is 0 Å². The number of carboxylic acids is 1. The zero-order valence-corrected chi connectivity index (χ0v) is 9.92. The van der Waals surface area contributed by atoms with Gasteiger partial charge in [0, 0.05) is 19.4 Å². The molecule has 2 N–H and O–H groups in total. The molecule has 0 heterocycles. The average Bonchev–Trinajstić information content (AvgIpc) is 2.13. The van der Waals surface area contributed by atoms with Gasteiger partial charge in [-0.15, -0.1) is 0 Å². The number of nitrogens with one attached hydrogen (secondary N) is 1. The summed E-state index contributed by atoms with van der Waals surface area (Å²) in [6, 6.07) is 0. The highest BCUT2D eigenvalue weighted by molar-refractivity contribution is 5.77. The molecule has 0 aliphatic heterocycles. The fraction of sp³-hybridized carbons (Fsp3) is 0.800. The van der Waals surface area contributed by atoms with Crippen LogP contribution in [0.15, 0.2) is 0 Å². The quantitative estimate of drug-likeness (QED) is 0.650. The van der Waals surface area contributed by atoms with Crippen LogP contribution in [0.3, 0.4) is 0 Å². The van der Waals surface area contributed by atoms with Gasteiger partial charge in [-0.1, -0.05) is 6.92 Å². The van der Waals surface area contributed by atoms with Crippen LogP contribution in [0.1, 0.15) is 19.8 Å². The standard InChI is InChI=1S/C10H16F3NO4/c1-7(5-9(16)17)4-8(15)14-2-3-18-6-10(11,12)13/h7H,2-6H2,1H3,(H,14,15)(H,16,17). The summed E-state index contributed by atoms with van der Waals surface area (Å²) < 4.78 is 39.3. The lowest BCUT2D eigenvalue weighted by molar-refractivity contribution is -0.173. The van der Waals surface area contributed by atoms with Crippen molar-refractivity contribution in [2.45, 2.75) is 25.9 Å². The van der Waals surface area contributed by atoms with Crippen LogP contribution in [-0.2, 0) is 14.3 Å². The van der Waals surface area contributed by atoms with E-state index in [0.717, 1.165) is 0 Å². The van der Waals surface area contributed by atoms with Crippen molar-refractivity contribution in [2.75, 3.05) is 19.8 Å². The zero-order valence-electron chi connectivity index (χ0n) is 9.92. The van der Waals surface area contributed by atoms with E-state index in [-0.39, 0.29) is 31.9 Å². The largest absolute Gasteiger partial charge is 0.481 e. The second-order valence-corrected chi connectivity index (χ2v) is 3.92. The molecule has 8 heteroatoms. The first-order valence-corrected chi connectivity index (χ1v) is 5.33. The summed E-state index contributed by atoms with van der Waals surface area (Å²) in [6.45, 7) is -0.0145. The van der Waals surface area contributed by atoms with Gasteiger partial charge in [-0.05, 0) is 5.92 Å². The van der Waals surface area contributed by atoms with E-state index in [9.17, 15) is 22.8 Å². The van der Waals surface area contributed by atoms with Gasteiger partial charge in [-0.2, -0.15) is 13.2 Å². The molecule has 0 spiro atoms. The maximum atomic E-state index is 11.7. The van der Waals surface area contributed by atoms with Crippen molar-refractivity contribution in [2.24, 2.45) is 5.92 Å². The van der Waals surface area contributed by atoms with Crippen LogP contribution in [0.5, 0.6) is 0 Å². The Labute approximate surface area is 102 Å². The monoisotopic (exact) mass is 271 g/mol. The number of hydrogen-bond donors (Lipinski definition) is 2. The minimum absolute atomic E-state index is 0.0194. The third-order valence-electron chi connectivity index (χ3n) is 1.89. The van der Waals surface area contributed by atoms with Crippen molar-refractivity contribution in [3.63, 3.8) is 0 Å². The number of ether oxygens (including phenoxy) is 1. The second-order valence-electron chi connectivity index (χ2n) is 3.92. The van der Waals surface area contributed by atoms with E-state index < -0.39 is 24.7 Å². The highest BCUT2D eigenvalue weighted by Crippen LogP contribution is 2.14. The van der Waals surface area contributed by atoms with E-state index in [1.54, 1.807) is 6.92 Å². The van der Waals surface area contributed by atoms with Crippen molar-refractivity contribution in [3.8, 4) is 0 Å². The SMILES string of the molecule is CC(CC(=O)O)CC(=O)NCCOCC(F)(F)F. The predicted molar refractivity (Wildman–Crippen MR) is 55.9 cm³/mol. The van der Waals surface area contributed by atoms with Gasteiger partial charge >= 0.3 is 12.1 Å². The summed E-state index contributed by atoms with van der Waals surface area (Å²) in [6.07, 6.45) is -4.48. The Kier molecular flexibility index (Phi) is 7.33. The molecule has 1 unspecified atom stereocenters. The Bertz CT molecular complexity index is 281. The number of carbonyl (C=O) groups is 2. The van der Waals surface area contributed by atoms with Gasteiger partial charge in [0.25, 0.3) is 0 Å². The molecule has 0 saturated heterocycles. The Balaban J connectivity index is 3.57. The van der Waals surface area contributed by atoms with Crippen LogP contribution in [-0.4, -0.2) is 42.9 Å². The molecule has 18 heavy (non-hydrogen) atoms. The van der Waals surface area contributed by atoms with Gasteiger partial charge in [0.15, 0.2) is 0 Å². The molecular weight excluding hydrogens is 255 g/mol. The van der Waals surface area contributed by atoms with Crippen LogP contribution in [0, 0.1) is 5.92 Å². The van der Waals surface area contributed by atoms with Crippen molar-refractivity contribution >= 4 is 11.9 Å². The predicted octanol–water partition coefficient (Wildman–Crippen LogP) is 1.18. The maximum Gasteiger partial charge on any atom is 0.411 e. The van der Waals surface area contributed by atoms with E-state index in [4.69, 9.17) is 5.11 Å². The van der Waals surface area contributed by atoms with E-state index in [2.05, 4.69) is 10.1 Å². The van der Waals surface area contributed by atoms with Crippen molar-refractivity contribution < 1.29 is 32.6 Å². The molecule has 1 amide bonds. The molecule has 5 nitrogen and oxygen atoms in total. The molecule has 1 atom stereocenters. The lowest BCUT2D eigenvalue weighted by Crippen LogP contribution is -2.30. The molecule has 0 aromatic carbocycles. The van der Waals surface area contributed by atoms with E-state index >= 15 is 0 Å². The van der Waals surface area contributed by atoms with Crippen LogP contribution >= 0.6 is 0 Å². The summed E-state index contributed by atoms with van der Waals surface area (Å²) in [5.41, 5.74) is 0. The van der Waals surface area contributed by atoms with Crippen LogP contribution in [0.25, 0.3) is 0 Å². The first-order chi connectivity index (χ1) is 8.20. The third kappa shape index (κ3) is 11.2. The number of carboxylic acid groups (broad SMARTS) is 1. The molecule has 0 aromatic rings. The topological polar surface area (TPSA) is 75.6 Å². The minimum atomic E-state index is -4.37. The van der Waals surface area contributed by atoms with Gasteiger partial charge in [0.2, 0.25) is 5.91 Å². The molecular formula is C10H16F3NO4. The van der Waals surface area contributed by atoms with Crippen molar-refractivity contribution in [3.05, 3.63) is 0 Å². The summed E-state index contributed by atoms with van der Waals surface area (Å²) in [5, 5.41) is 10.8. The molecule has 106 valence electrons. The first-order valence-electron chi connectivity index (χ1n) is 5.33. The Hall–Kier alpha value is -1.31. The molecule has 0 radical (unpaired) electrons. The normalized spacial score (nSPS) is 13.1. The molecule has 0 bridgehead atoms. The molecule has 0 aliphatic rings. The summed E-state index contributed by atoms with van der Waals surface area (Å²) >= 11 is 0. The molecule has 0 aliphatic carbocycles. The third-order valence-corrected chi connectivity index (χ3v) is 1.89.